The van der Waals surface area contributed by atoms with E-state index >= 15 is 0 Å². The van der Waals surface area contributed by atoms with Gasteiger partial charge in [0.2, 0.25) is 0 Å². The fourth-order valence-electron chi connectivity index (χ4n) is 6.43. The number of phenolic OH excluding ortho intramolecular Hbond substituents is 1. The molecule has 7 nitrogen and oxygen atoms in total. The van der Waals surface area contributed by atoms with Gasteiger partial charge in [-0.15, -0.1) is 0 Å². The maximum Gasteiger partial charge on any atom is 0.173 e. The Morgan fingerprint density at radius 1 is 0.854 bits per heavy atom. The van der Waals surface area contributed by atoms with Gasteiger partial charge < -0.3 is 25.0 Å². The average Bonchev–Trinajstić information content (AvgIpc) is 3.05. The molecule has 3 atom stereocenters. The lowest BCUT2D eigenvalue weighted by Crippen LogP contribution is -2.37. The summed E-state index contributed by atoms with van der Waals surface area (Å²) >= 11 is 0. The summed E-state index contributed by atoms with van der Waals surface area (Å²) in [5.41, 5.74) is 6.14. The highest BCUT2D eigenvalue weighted by atomic mass is 16.5. The summed E-state index contributed by atoms with van der Waals surface area (Å²) in [4.78, 5) is 9.94. The van der Waals surface area contributed by atoms with Crippen LogP contribution in [-0.2, 0) is 4.74 Å². The summed E-state index contributed by atoms with van der Waals surface area (Å²) in [6, 6.07) is 11.5. The molecule has 1 heterocycles. The van der Waals surface area contributed by atoms with Gasteiger partial charge in [0.1, 0.15) is 35.9 Å². The van der Waals surface area contributed by atoms with Crippen molar-refractivity contribution in [2.45, 2.75) is 124 Å². The SMILES string of the molecule is CCCCCCCCCCCCCOCC(O)COc1ccc(C2N=C(C3=CCC(C)C=C3C)NC(c3ccc(C)cc3C)=N2)c(O)c1. The van der Waals surface area contributed by atoms with Crippen molar-refractivity contribution >= 4 is 11.7 Å². The van der Waals surface area contributed by atoms with Crippen molar-refractivity contribution in [3.63, 3.8) is 0 Å². The van der Waals surface area contributed by atoms with Gasteiger partial charge in [0, 0.05) is 29.4 Å². The van der Waals surface area contributed by atoms with E-state index in [0.717, 1.165) is 41.2 Å². The number of aliphatic hydroxyl groups excluding tert-OH is 1. The summed E-state index contributed by atoms with van der Waals surface area (Å²) in [6.07, 6.45) is 18.3. The van der Waals surface area contributed by atoms with E-state index in [2.05, 4.69) is 70.3 Å². The van der Waals surface area contributed by atoms with E-state index in [1.54, 1.807) is 18.2 Å². The molecule has 0 spiro atoms. The number of aliphatic imine (C=N–C) groups is 2. The molecule has 2 aromatic carbocycles. The molecular formula is C41H59N3O4. The van der Waals surface area contributed by atoms with Crippen molar-refractivity contribution < 1.29 is 19.7 Å². The number of rotatable bonds is 20. The maximum absolute atomic E-state index is 11.1. The molecule has 4 rings (SSSR count). The number of allylic oxidation sites excluding steroid dienone is 2. The van der Waals surface area contributed by atoms with Crippen LogP contribution in [-0.4, -0.2) is 47.8 Å². The van der Waals surface area contributed by atoms with Crippen molar-refractivity contribution in [1.82, 2.24) is 5.32 Å². The highest BCUT2D eigenvalue weighted by molar-refractivity contribution is 6.17. The van der Waals surface area contributed by atoms with Gasteiger partial charge in [-0.3, -0.25) is 0 Å². The Morgan fingerprint density at radius 2 is 1.54 bits per heavy atom. The summed E-state index contributed by atoms with van der Waals surface area (Å²) in [5, 5.41) is 25.0. The average molecular weight is 658 g/mol. The van der Waals surface area contributed by atoms with Gasteiger partial charge >= 0.3 is 0 Å². The number of nitrogens with one attached hydrogen (secondary N) is 1. The lowest BCUT2D eigenvalue weighted by Gasteiger charge is -2.26. The van der Waals surface area contributed by atoms with E-state index in [-0.39, 0.29) is 19.0 Å². The number of unbranched alkanes of at least 4 members (excludes halogenated alkanes) is 10. The lowest BCUT2D eigenvalue weighted by atomic mass is 9.91. The molecule has 7 heteroatoms. The van der Waals surface area contributed by atoms with Crippen molar-refractivity contribution in [1.29, 1.82) is 0 Å². The third-order valence-corrected chi connectivity index (χ3v) is 9.21. The van der Waals surface area contributed by atoms with Crippen LogP contribution in [0, 0.1) is 19.8 Å². The third-order valence-electron chi connectivity index (χ3n) is 9.21. The van der Waals surface area contributed by atoms with E-state index in [9.17, 15) is 10.2 Å². The minimum Gasteiger partial charge on any atom is -0.507 e. The normalized spacial score (nSPS) is 18.4. The number of aryl methyl sites for hydroxylation is 2. The second-order valence-corrected chi connectivity index (χ2v) is 13.7. The number of hydrogen-bond acceptors (Lipinski definition) is 7. The fourth-order valence-corrected chi connectivity index (χ4v) is 6.43. The molecule has 48 heavy (non-hydrogen) atoms. The van der Waals surface area contributed by atoms with Gasteiger partial charge in [0.15, 0.2) is 6.17 Å². The van der Waals surface area contributed by atoms with Gasteiger partial charge in [0.05, 0.1) is 6.61 Å². The number of ether oxygens (including phenoxy) is 2. The van der Waals surface area contributed by atoms with E-state index in [0.29, 0.717) is 23.8 Å². The molecule has 0 fully saturated rings. The van der Waals surface area contributed by atoms with Crippen LogP contribution in [0.4, 0.5) is 0 Å². The van der Waals surface area contributed by atoms with Gasteiger partial charge in [0.25, 0.3) is 0 Å². The molecule has 0 saturated carbocycles. The van der Waals surface area contributed by atoms with Crippen LogP contribution in [0.1, 0.15) is 126 Å². The first kappa shape index (κ1) is 37.4. The standard InChI is InChI=1S/C41H59N3O4/c1-6-7-8-9-10-11-12-13-14-15-16-23-47-27-33(45)28-48-34-19-22-37(38(46)26-34)41-43-39(35-20-17-29(2)24-31(35)4)42-40(44-41)36-21-18-30(3)25-32(36)5/h17,19-22,24-26,30,33,41,45-46H,6-16,18,23,27-28H2,1-5H3,(H,42,43,44). The summed E-state index contributed by atoms with van der Waals surface area (Å²) < 4.78 is 11.5. The quantitative estimate of drug-likeness (QED) is 0.123. The van der Waals surface area contributed by atoms with E-state index in [4.69, 9.17) is 19.5 Å². The summed E-state index contributed by atoms with van der Waals surface area (Å²) in [5.74, 6) is 2.48. The zero-order chi connectivity index (χ0) is 34.3. The van der Waals surface area contributed by atoms with E-state index in [1.165, 1.54) is 75.3 Å². The first-order valence-electron chi connectivity index (χ1n) is 18.4. The highest BCUT2D eigenvalue weighted by Crippen LogP contribution is 2.35. The van der Waals surface area contributed by atoms with Crippen molar-refractivity contribution in [3.8, 4) is 11.5 Å². The highest BCUT2D eigenvalue weighted by Gasteiger charge is 2.26. The number of aromatic hydroxyl groups is 1. The minimum absolute atomic E-state index is 0.0481. The van der Waals surface area contributed by atoms with Crippen LogP contribution in [0.2, 0.25) is 0 Å². The number of amidine groups is 2. The molecule has 3 N–H and O–H groups in total. The van der Waals surface area contributed by atoms with Crippen LogP contribution in [0.5, 0.6) is 11.5 Å². The molecule has 0 aromatic heterocycles. The molecule has 0 radical (unpaired) electrons. The minimum atomic E-state index is -0.746. The Bertz CT molecular complexity index is 1440. The Hall–Kier alpha value is -3.42. The van der Waals surface area contributed by atoms with Gasteiger partial charge in [-0.1, -0.05) is 114 Å². The second kappa shape index (κ2) is 19.5. The molecule has 3 unspecified atom stereocenters. The number of benzene rings is 2. The molecular weight excluding hydrogens is 598 g/mol. The van der Waals surface area contributed by atoms with Crippen molar-refractivity contribution in [2.75, 3.05) is 19.8 Å². The van der Waals surface area contributed by atoms with Crippen molar-refractivity contribution in [2.24, 2.45) is 15.9 Å². The van der Waals surface area contributed by atoms with E-state index < -0.39 is 12.3 Å². The molecule has 262 valence electrons. The number of aliphatic hydroxyl groups is 1. The first-order valence-corrected chi connectivity index (χ1v) is 18.4. The fraction of sp³-hybridized carbons (Fsp3) is 0.561. The first-order chi connectivity index (χ1) is 23.2. The molecule has 0 amide bonds. The molecule has 2 aromatic rings. The van der Waals surface area contributed by atoms with E-state index in [1.807, 2.05) is 0 Å². The molecule has 0 saturated heterocycles. The molecule has 1 aliphatic heterocycles. The van der Waals surface area contributed by atoms with Gasteiger partial charge in [-0.05, 0) is 62.8 Å². The van der Waals surface area contributed by atoms with Crippen LogP contribution >= 0.6 is 0 Å². The predicted octanol–water partition coefficient (Wildman–Crippen LogP) is 9.44. The van der Waals surface area contributed by atoms with Gasteiger partial charge in [-0.25, -0.2) is 9.98 Å². The molecule has 1 aliphatic carbocycles. The molecule has 2 aliphatic rings. The monoisotopic (exact) mass is 657 g/mol. The smallest absolute Gasteiger partial charge is 0.173 e. The Balaban J connectivity index is 1.28. The lowest BCUT2D eigenvalue weighted by molar-refractivity contribution is 0.0109. The predicted molar refractivity (Wildman–Crippen MR) is 198 cm³/mol. The summed E-state index contributed by atoms with van der Waals surface area (Å²) in [7, 11) is 0. The van der Waals surface area contributed by atoms with Crippen LogP contribution < -0.4 is 10.1 Å². The summed E-state index contributed by atoms with van der Waals surface area (Å²) in [6.45, 7) is 11.7. The topological polar surface area (TPSA) is 95.7 Å². The van der Waals surface area contributed by atoms with Crippen LogP contribution in [0.15, 0.2) is 69.7 Å². The second-order valence-electron chi connectivity index (χ2n) is 13.7. The maximum atomic E-state index is 11.1. The Kier molecular flexibility index (Phi) is 15.2. The van der Waals surface area contributed by atoms with Crippen LogP contribution in [0.3, 0.4) is 0 Å². The zero-order valence-electron chi connectivity index (χ0n) is 30.1. The van der Waals surface area contributed by atoms with Crippen molar-refractivity contribution in [3.05, 3.63) is 82.0 Å². The largest absolute Gasteiger partial charge is 0.507 e. The Morgan fingerprint density at radius 3 is 2.21 bits per heavy atom. The third kappa shape index (κ3) is 11.6. The number of nitrogens with zero attached hydrogens (tertiary/aromatic N) is 2. The molecule has 0 bridgehead atoms. The van der Waals surface area contributed by atoms with Gasteiger partial charge in [-0.2, -0.15) is 0 Å². The Labute approximate surface area is 289 Å². The zero-order valence-corrected chi connectivity index (χ0v) is 30.1. The number of phenols is 1. The van der Waals surface area contributed by atoms with Crippen LogP contribution in [0.25, 0.3) is 0 Å². The number of hydrogen-bond donors (Lipinski definition) is 3.